The molecule has 3 rings (SSSR count). The first kappa shape index (κ1) is 16.4. The molecule has 0 spiro atoms. The Kier molecular flexibility index (Phi) is 4.20. The van der Waals surface area contributed by atoms with Crippen LogP contribution in [-0.2, 0) is 26.0 Å². The van der Waals surface area contributed by atoms with Crippen LogP contribution in [0.4, 0.5) is 5.69 Å². The molecule has 2 heterocycles. The van der Waals surface area contributed by atoms with Gasteiger partial charge in [-0.15, -0.1) is 0 Å². The van der Waals surface area contributed by atoms with Crippen LogP contribution in [0.2, 0.25) is 0 Å². The molecule has 0 aromatic heterocycles. The van der Waals surface area contributed by atoms with Gasteiger partial charge >= 0.3 is 0 Å². The molecule has 23 heavy (non-hydrogen) atoms. The number of hydrogen-bond acceptors (Lipinski definition) is 4. The van der Waals surface area contributed by atoms with Crippen molar-refractivity contribution in [2.75, 3.05) is 24.6 Å². The zero-order valence-electron chi connectivity index (χ0n) is 13.7. The highest BCUT2D eigenvalue weighted by molar-refractivity contribution is 7.89. The number of benzene rings is 1. The Bertz CT molecular complexity index is 732. The van der Waals surface area contributed by atoms with E-state index in [2.05, 4.69) is 0 Å². The fraction of sp³-hybridized carbons (Fsp3) is 0.562. The highest BCUT2D eigenvalue weighted by atomic mass is 32.2. The molecular formula is C16H22N2O4S. The van der Waals surface area contributed by atoms with E-state index in [0.717, 1.165) is 11.3 Å². The number of fused-ring (bicyclic) bond motifs is 1. The molecule has 0 bridgehead atoms. The van der Waals surface area contributed by atoms with E-state index in [0.29, 0.717) is 31.0 Å². The number of rotatable bonds is 2. The molecule has 0 N–H and O–H groups in total. The molecule has 0 radical (unpaired) electrons. The van der Waals surface area contributed by atoms with Crippen molar-refractivity contribution in [3.05, 3.63) is 23.8 Å². The van der Waals surface area contributed by atoms with Crippen LogP contribution < -0.4 is 4.90 Å². The number of anilines is 1. The van der Waals surface area contributed by atoms with Gasteiger partial charge in [-0.2, -0.15) is 4.31 Å². The maximum absolute atomic E-state index is 12.8. The molecule has 2 atom stereocenters. The Labute approximate surface area is 137 Å². The Morgan fingerprint density at radius 3 is 2.70 bits per heavy atom. The van der Waals surface area contributed by atoms with E-state index in [4.69, 9.17) is 4.74 Å². The molecule has 7 heteroatoms. The zero-order valence-corrected chi connectivity index (χ0v) is 14.5. The summed E-state index contributed by atoms with van der Waals surface area (Å²) in [6, 6.07) is 5.12. The average Bonchev–Trinajstić information content (AvgIpc) is 2.82. The zero-order chi connectivity index (χ0) is 16.8. The van der Waals surface area contributed by atoms with Crippen molar-refractivity contribution in [1.29, 1.82) is 0 Å². The molecule has 2 aliphatic rings. The van der Waals surface area contributed by atoms with E-state index in [1.54, 1.807) is 23.1 Å². The van der Waals surface area contributed by atoms with Crippen LogP contribution in [0.5, 0.6) is 0 Å². The number of morpholine rings is 1. The Morgan fingerprint density at radius 1 is 1.30 bits per heavy atom. The van der Waals surface area contributed by atoms with E-state index < -0.39 is 10.0 Å². The first-order valence-electron chi connectivity index (χ1n) is 7.85. The first-order chi connectivity index (χ1) is 10.8. The van der Waals surface area contributed by atoms with E-state index >= 15 is 0 Å². The van der Waals surface area contributed by atoms with Gasteiger partial charge in [0.2, 0.25) is 15.9 Å². The number of carbonyl (C=O) groups excluding carboxylic acids is 1. The van der Waals surface area contributed by atoms with Crippen molar-refractivity contribution in [1.82, 2.24) is 4.31 Å². The molecule has 1 fully saturated rings. The summed E-state index contributed by atoms with van der Waals surface area (Å²) < 4.78 is 32.5. The summed E-state index contributed by atoms with van der Waals surface area (Å²) in [5.41, 5.74) is 1.73. The molecule has 1 amide bonds. The van der Waals surface area contributed by atoms with Crippen LogP contribution >= 0.6 is 0 Å². The molecule has 2 unspecified atom stereocenters. The molecule has 6 nitrogen and oxygen atoms in total. The van der Waals surface area contributed by atoms with E-state index in [1.807, 2.05) is 13.8 Å². The van der Waals surface area contributed by atoms with Gasteiger partial charge in [-0.25, -0.2) is 8.42 Å². The molecule has 126 valence electrons. The lowest BCUT2D eigenvalue weighted by molar-refractivity contribution is -0.116. The lowest BCUT2D eigenvalue weighted by Crippen LogP contribution is -2.44. The van der Waals surface area contributed by atoms with Gasteiger partial charge in [0, 0.05) is 31.7 Å². The van der Waals surface area contributed by atoms with E-state index in [-0.39, 0.29) is 18.1 Å². The first-order valence-corrected chi connectivity index (χ1v) is 9.29. The molecule has 0 aliphatic carbocycles. The minimum Gasteiger partial charge on any atom is -0.376 e. The van der Waals surface area contributed by atoms with Gasteiger partial charge in [-0.05, 0) is 44.0 Å². The van der Waals surface area contributed by atoms with Crippen molar-refractivity contribution in [2.45, 2.75) is 44.2 Å². The van der Waals surface area contributed by atoms with Gasteiger partial charge < -0.3 is 9.64 Å². The van der Waals surface area contributed by atoms with Gasteiger partial charge in [0.15, 0.2) is 0 Å². The second kappa shape index (κ2) is 5.89. The third-order valence-corrected chi connectivity index (χ3v) is 6.31. The van der Waals surface area contributed by atoms with Crippen LogP contribution in [0, 0.1) is 0 Å². The van der Waals surface area contributed by atoms with Crippen LogP contribution in [0.25, 0.3) is 0 Å². The summed E-state index contributed by atoms with van der Waals surface area (Å²) in [4.78, 5) is 13.8. The summed E-state index contributed by atoms with van der Waals surface area (Å²) in [6.45, 7) is 6.54. The maximum Gasteiger partial charge on any atom is 0.243 e. The minimum atomic E-state index is -3.52. The third kappa shape index (κ3) is 2.88. The predicted molar refractivity (Wildman–Crippen MR) is 86.9 cm³/mol. The van der Waals surface area contributed by atoms with Crippen molar-refractivity contribution >= 4 is 21.6 Å². The van der Waals surface area contributed by atoms with Gasteiger partial charge in [-0.3, -0.25) is 4.79 Å². The van der Waals surface area contributed by atoms with E-state index in [9.17, 15) is 13.2 Å². The highest BCUT2D eigenvalue weighted by Crippen LogP contribution is 2.34. The van der Waals surface area contributed by atoms with Gasteiger partial charge in [-0.1, -0.05) is 0 Å². The average molecular weight is 338 g/mol. The Hall–Kier alpha value is -1.44. The summed E-state index contributed by atoms with van der Waals surface area (Å²) in [5.74, 6) is -0.0196. The SMILES string of the molecule is CC(=O)N1c2ccc(S(=O)(=O)N3CCOC(C)C3)cc2CC1C. The maximum atomic E-state index is 12.8. The Morgan fingerprint density at radius 2 is 2.04 bits per heavy atom. The molecule has 2 aliphatic heterocycles. The van der Waals surface area contributed by atoms with Gasteiger partial charge in [0.25, 0.3) is 0 Å². The minimum absolute atomic E-state index is 0.0196. The summed E-state index contributed by atoms with van der Waals surface area (Å²) in [7, 11) is -3.52. The van der Waals surface area contributed by atoms with E-state index in [1.165, 1.54) is 11.2 Å². The largest absolute Gasteiger partial charge is 0.376 e. The standard InChI is InChI=1S/C16H22N2O4S/c1-11-8-14-9-15(4-5-16(14)18(11)13(3)19)23(20,21)17-6-7-22-12(2)10-17/h4-5,9,11-12H,6-8,10H2,1-3H3. The number of amides is 1. The van der Waals surface area contributed by atoms with Crippen LogP contribution in [0.15, 0.2) is 23.1 Å². The van der Waals surface area contributed by atoms with Gasteiger partial charge in [0.1, 0.15) is 0 Å². The fourth-order valence-electron chi connectivity index (χ4n) is 3.40. The molecule has 1 aromatic carbocycles. The highest BCUT2D eigenvalue weighted by Gasteiger charge is 2.33. The van der Waals surface area contributed by atoms with Crippen molar-refractivity contribution in [3.8, 4) is 0 Å². The Balaban J connectivity index is 1.94. The summed E-state index contributed by atoms with van der Waals surface area (Å²) in [5, 5.41) is 0. The quantitative estimate of drug-likeness (QED) is 0.817. The smallest absolute Gasteiger partial charge is 0.243 e. The van der Waals surface area contributed by atoms with Crippen molar-refractivity contribution in [2.24, 2.45) is 0 Å². The van der Waals surface area contributed by atoms with Crippen molar-refractivity contribution in [3.63, 3.8) is 0 Å². The summed E-state index contributed by atoms with van der Waals surface area (Å²) in [6.07, 6.45) is 0.582. The van der Waals surface area contributed by atoms with Crippen molar-refractivity contribution < 1.29 is 17.9 Å². The lowest BCUT2D eigenvalue weighted by Gasteiger charge is -2.30. The van der Waals surface area contributed by atoms with Crippen LogP contribution in [-0.4, -0.2) is 50.5 Å². The summed E-state index contributed by atoms with van der Waals surface area (Å²) >= 11 is 0. The topological polar surface area (TPSA) is 66.9 Å². The molecular weight excluding hydrogens is 316 g/mol. The second-order valence-electron chi connectivity index (χ2n) is 6.28. The molecule has 0 saturated carbocycles. The number of carbonyl (C=O) groups is 1. The molecule has 1 saturated heterocycles. The van der Waals surface area contributed by atoms with Crippen LogP contribution in [0.3, 0.4) is 0 Å². The number of sulfonamides is 1. The number of ether oxygens (including phenoxy) is 1. The van der Waals surface area contributed by atoms with Gasteiger partial charge in [0.05, 0.1) is 17.6 Å². The number of hydrogen-bond donors (Lipinski definition) is 0. The fourth-order valence-corrected chi connectivity index (χ4v) is 4.95. The number of nitrogens with zero attached hydrogens (tertiary/aromatic N) is 2. The third-order valence-electron chi connectivity index (χ3n) is 4.45. The predicted octanol–water partition coefficient (Wildman–Crippen LogP) is 1.39. The second-order valence-corrected chi connectivity index (χ2v) is 8.22. The molecule has 1 aromatic rings. The van der Waals surface area contributed by atoms with Crippen LogP contribution in [0.1, 0.15) is 26.3 Å². The normalized spacial score (nSPS) is 25.4. The lowest BCUT2D eigenvalue weighted by atomic mass is 10.1. The monoisotopic (exact) mass is 338 g/mol.